The van der Waals surface area contributed by atoms with Crippen molar-refractivity contribution in [2.24, 2.45) is 0 Å². The second kappa shape index (κ2) is 6.67. The van der Waals surface area contributed by atoms with Gasteiger partial charge in [-0.25, -0.2) is 9.59 Å². The van der Waals surface area contributed by atoms with E-state index in [9.17, 15) is 24.9 Å². The van der Waals surface area contributed by atoms with Crippen molar-refractivity contribution in [3.63, 3.8) is 0 Å². The third kappa shape index (κ3) is 3.39. The normalized spacial score (nSPS) is 18.6. The van der Waals surface area contributed by atoms with Crippen molar-refractivity contribution in [3.8, 4) is 23.0 Å². The van der Waals surface area contributed by atoms with Crippen LogP contribution in [0.15, 0.2) is 42.5 Å². The lowest BCUT2D eigenvalue weighted by Gasteiger charge is -2.32. The molecule has 2 aromatic carbocycles. The van der Waals surface area contributed by atoms with E-state index in [2.05, 4.69) is 0 Å². The van der Waals surface area contributed by atoms with E-state index in [0.717, 1.165) is 6.08 Å². The van der Waals surface area contributed by atoms with Gasteiger partial charge in [0.15, 0.2) is 29.1 Å². The predicted molar refractivity (Wildman–Crippen MR) is 88.3 cm³/mol. The smallest absolute Gasteiger partial charge is 0.349 e. The number of fused-ring (bicyclic) bond motifs is 1. The number of aliphatic carboxylic acids is 2. The first-order valence-corrected chi connectivity index (χ1v) is 7.48. The van der Waals surface area contributed by atoms with Gasteiger partial charge >= 0.3 is 11.9 Å². The highest BCUT2D eigenvalue weighted by molar-refractivity contribution is 5.85. The standard InChI is InChI=1S/C18H14O8/c19-11-4-3-10(8-12(11)20)16-17(18(23)24)25-13-5-1-9(2-6-15(21)22)7-14(13)26-16/h1-8,16-17,19-20H,(H,21,22)(H,23,24)/b6-2+. The Kier molecular flexibility index (Phi) is 4.40. The molecule has 0 saturated carbocycles. The van der Waals surface area contributed by atoms with Gasteiger partial charge in [-0.2, -0.15) is 0 Å². The van der Waals surface area contributed by atoms with Crippen LogP contribution in [0.25, 0.3) is 6.08 Å². The molecular formula is C18H14O8. The van der Waals surface area contributed by atoms with E-state index in [1.54, 1.807) is 6.07 Å². The molecule has 2 aromatic rings. The Hall–Kier alpha value is -3.68. The molecule has 2 unspecified atom stereocenters. The quantitative estimate of drug-likeness (QED) is 0.483. The van der Waals surface area contributed by atoms with Crippen molar-refractivity contribution < 1.29 is 39.5 Å². The molecule has 134 valence electrons. The first kappa shape index (κ1) is 17.2. The maximum absolute atomic E-state index is 11.6. The highest BCUT2D eigenvalue weighted by Crippen LogP contribution is 2.41. The fourth-order valence-electron chi connectivity index (χ4n) is 2.52. The van der Waals surface area contributed by atoms with Crippen molar-refractivity contribution >= 4 is 18.0 Å². The summed E-state index contributed by atoms with van der Waals surface area (Å²) < 4.78 is 11.3. The lowest BCUT2D eigenvalue weighted by atomic mass is 10.0. The van der Waals surface area contributed by atoms with Gasteiger partial charge in [0.25, 0.3) is 0 Å². The lowest BCUT2D eigenvalue weighted by molar-refractivity contribution is -0.151. The van der Waals surface area contributed by atoms with E-state index in [1.165, 1.54) is 36.4 Å². The maximum Gasteiger partial charge on any atom is 0.349 e. The minimum absolute atomic E-state index is 0.198. The molecule has 8 heteroatoms. The number of hydrogen-bond donors (Lipinski definition) is 4. The Balaban J connectivity index is 1.98. The summed E-state index contributed by atoms with van der Waals surface area (Å²) in [7, 11) is 0. The number of carboxylic acid groups (broad SMARTS) is 2. The van der Waals surface area contributed by atoms with Crippen LogP contribution in [0.2, 0.25) is 0 Å². The number of aromatic hydroxyl groups is 2. The summed E-state index contributed by atoms with van der Waals surface area (Å²) in [5, 5.41) is 37.2. The zero-order valence-electron chi connectivity index (χ0n) is 13.2. The molecule has 3 rings (SSSR count). The van der Waals surface area contributed by atoms with Gasteiger partial charge < -0.3 is 29.9 Å². The average molecular weight is 358 g/mol. The molecule has 0 fully saturated rings. The summed E-state index contributed by atoms with van der Waals surface area (Å²) in [6.45, 7) is 0. The van der Waals surface area contributed by atoms with Gasteiger partial charge in [-0.3, -0.25) is 0 Å². The van der Waals surface area contributed by atoms with Crippen LogP contribution in [0.4, 0.5) is 0 Å². The van der Waals surface area contributed by atoms with Gasteiger partial charge in [0.1, 0.15) is 0 Å². The van der Waals surface area contributed by atoms with Crippen LogP contribution in [0.3, 0.4) is 0 Å². The van der Waals surface area contributed by atoms with Crippen molar-refractivity contribution in [2.45, 2.75) is 12.2 Å². The van der Waals surface area contributed by atoms with E-state index in [-0.39, 0.29) is 17.2 Å². The summed E-state index contributed by atoms with van der Waals surface area (Å²) in [6, 6.07) is 8.38. The monoisotopic (exact) mass is 358 g/mol. The van der Waals surface area contributed by atoms with E-state index in [1.807, 2.05) is 0 Å². The molecular weight excluding hydrogens is 344 g/mol. The summed E-state index contributed by atoms with van der Waals surface area (Å²) in [5.74, 6) is -2.71. The highest BCUT2D eigenvalue weighted by Gasteiger charge is 2.38. The molecule has 0 radical (unpaired) electrons. The Morgan fingerprint density at radius 1 is 0.923 bits per heavy atom. The zero-order chi connectivity index (χ0) is 18.8. The second-order valence-electron chi connectivity index (χ2n) is 5.54. The first-order chi connectivity index (χ1) is 12.3. The molecule has 0 aromatic heterocycles. The molecule has 2 atom stereocenters. The number of hydrogen-bond acceptors (Lipinski definition) is 6. The molecule has 0 spiro atoms. The van der Waals surface area contributed by atoms with E-state index >= 15 is 0 Å². The molecule has 26 heavy (non-hydrogen) atoms. The van der Waals surface area contributed by atoms with Crippen LogP contribution in [-0.4, -0.2) is 38.5 Å². The SMILES string of the molecule is O=C(O)/C=C/c1ccc2c(c1)OC(c1ccc(O)c(O)c1)C(C(=O)O)O2. The van der Waals surface area contributed by atoms with Crippen LogP contribution in [0, 0.1) is 0 Å². The number of benzene rings is 2. The number of ether oxygens (including phenoxy) is 2. The number of phenolic OH excluding ortho intramolecular Hbond substituents is 2. The summed E-state index contributed by atoms with van der Waals surface area (Å²) in [5.41, 5.74) is 0.820. The molecule has 8 nitrogen and oxygen atoms in total. The van der Waals surface area contributed by atoms with E-state index in [4.69, 9.17) is 14.6 Å². The fourth-order valence-corrected chi connectivity index (χ4v) is 2.52. The molecule has 1 heterocycles. The largest absolute Gasteiger partial charge is 0.504 e. The second-order valence-corrected chi connectivity index (χ2v) is 5.54. The van der Waals surface area contributed by atoms with Crippen molar-refractivity contribution in [1.82, 2.24) is 0 Å². The summed E-state index contributed by atoms with van der Waals surface area (Å²) in [4.78, 5) is 22.2. The molecule has 1 aliphatic heterocycles. The number of phenols is 2. The van der Waals surface area contributed by atoms with Crippen molar-refractivity contribution in [1.29, 1.82) is 0 Å². The molecule has 4 N–H and O–H groups in total. The third-order valence-electron chi connectivity index (χ3n) is 3.74. The number of carboxylic acids is 2. The lowest BCUT2D eigenvalue weighted by Crippen LogP contribution is -2.39. The molecule has 1 aliphatic rings. The van der Waals surface area contributed by atoms with Gasteiger partial charge in [-0.1, -0.05) is 12.1 Å². The van der Waals surface area contributed by atoms with Crippen LogP contribution >= 0.6 is 0 Å². The maximum atomic E-state index is 11.6. The van der Waals surface area contributed by atoms with Gasteiger partial charge in [0, 0.05) is 11.6 Å². The number of rotatable bonds is 4. The summed E-state index contributed by atoms with van der Waals surface area (Å²) >= 11 is 0. The highest BCUT2D eigenvalue weighted by atomic mass is 16.6. The van der Waals surface area contributed by atoms with Crippen molar-refractivity contribution in [2.75, 3.05) is 0 Å². The van der Waals surface area contributed by atoms with Crippen LogP contribution in [-0.2, 0) is 9.59 Å². The van der Waals surface area contributed by atoms with Crippen LogP contribution in [0.5, 0.6) is 23.0 Å². The predicted octanol–water partition coefficient (Wildman–Crippen LogP) is 2.16. The number of carbonyl (C=O) groups is 2. The Morgan fingerprint density at radius 2 is 1.69 bits per heavy atom. The topological polar surface area (TPSA) is 134 Å². The molecule has 0 bridgehead atoms. The minimum atomic E-state index is -1.37. The van der Waals surface area contributed by atoms with E-state index in [0.29, 0.717) is 11.1 Å². The molecule has 0 aliphatic carbocycles. The Morgan fingerprint density at radius 3 is 2.35 bits per heavy atom. The Labute approximate surface area is 147 Å². The van der Waals surface area contributed by atoms with Crippen LogP contribution < -0.4 is 9.47 Å². The molecule has 0 amide bonds. The van der Waals surface area contributed by atoms with Crippen LogP contribution in [0.1, 0.15) is 17.2 Å². The molecule has 0 saturated heterocycles. The van der Waals surface area contributed by atoms with Gasteiger partial charge in [0.05, 0.1) is 0 Å². The average Bonchev–Trinajstić information content (AvgIpc) is 2.60. The Bertz CT molecular complexity index is 902. The van der Waals surface area contributed by atoms with Crippen molar-refractivity contribution in [3.05, 3.63) is 53.6 Å². The summed E-state index contributed by atoms with van der Waals surface area (Å²) in [6.07, 6.45) is -0.130. The minimum Gasteiger partial charge on any atom is -0.504 e. The van der Waals surface area contributed by atoms with Gasteiger partial charge in [0.2, 0.25) is 6.10 Å². The first-order valence-electron chi connectivity index (χ1n) is 7.48. The fraction of sp³-hybridized carbons (Fsp3) is 0.111. The van der Waals surface area contributed by atoms with Gasteiger partial charge in [-0.15, -0.1) is 0 Å². The van der Waals surface area contributed by atoms with Gasteiger partial charge in [-0.05, 0) is 35.9 Å². The zero-order valence-corrected chi connectivity index (χ0v) is 13.2. The van der Waals surface area contributed by atoms with E-state index < -0.39 is 29.9 Å². The third-order valence-corrected chi connectivity index (χ3v) is 3.74.